The molecule has 7 nitrogen and oxygen atoms in total. The maximum atomic E-state index is 13.4. The van der Waals surface area contributed by atoms with E-state index in [4.69, 9.17) is 21.3 Å². The number of amides is 2. The third-order valence-corrected chi connectivity index (χ3v) is 9.80. The number of aryl methyl sites for hydroxylation is 1. The van der Waals surface area contributed by atoms with Gasteiger partial charge < -0.3 is 4.74 Å². The zero-order valence-corrected chi connectivity index (χ0v) is 26.2. The van der Waals surface area contributed by atoms with Crippen molar-refractivity contribution in [2.24, 2.45) is 23.7 Å². The number of halogens is 2. The number of ketones is 1. The Balaban J connectivity index is 1.18. The summed E-state index contributed by atoms with van der Waals surface area (Å²) in [5, 5.41) is 1.09. The van der Waals surface area contributed by atoms with Gasteiger partial charge in [-0.1, -0.05) is 51.3 Å². The molecule has 2 fully saturated rings. The fraction of sp³-hybridized carbons (Fsp3) is 0.229. The Morgan fingerprint density at radius 1 is 0.977 bits per heavy atom. The van der Waals surface area contributed by atoms with Gasteiger partial charge in [0.1, 0.15) is 0 Å². The van der Waals surface area contributed by atoms with Crippen molar-refractivity contribution in [1.82, 2.24) is 4.98 Å². The fourth-order valence-corrected chi connectivity index (χ4v) is 7.71. The van der Waals surface area contributed by atoms with Crippen molar-refractivity contribution < 1.29 is 23.9 Å². The number of pyridine rings is 1. The number of hydrogen-bond acceptors (Lipinski definition) is 6. The van der Waals surface area contributed by atoms with Gasteiger partial charge in [0.05, 0.1) is 34.3 Å². The van der Waals surface area contributed by atoms with Gasteiger partial charge in [0.15, 0.2) is 12.4 Å². The summed E-state index contributed by atoms with van der Waals surface area (Å²) >= 11 is 9.42. The van der Waals surface area contributed by atoms with Crippen LogP contribution in [0.4, 0.5) is 5.69 Å². The first-order valence-electron chi connectivity index (χ1n) is 14.3. The lowest BCUT2D eigenvalue weighted by Gasteiger charge is -2.19. The highest BCUT2D eigenvalue weighted by molar-refractivity contribution is 9.10. The second kappa shape index (κ2) is 10.8. The first-order valence-corrected chi connectivity index (χ1v) is 15.5. The third-order valence-electron chi connectivity index (χ3n) is 9.09. The van der Waals surface area contributed by atoms with Crippen LogP contribution in [0.5, 0.6) is 0 Å². The van der Waals surface area contributed by atoms with Gasteiger partial charge in [-0.25, -0.2) is 9.78 Å². The van der Waals surface area contributed by atoms with Crippen molar-refractivity contribution >= 4 is 67.7 Å². The summed E-state index contributed by atoms with van der Waals surface area (Å²) in [6.07, 6.45) is 3.04. The highest BCUT2D eigenvalue weighted by Gasteiger charge is 2.60. The summed E-state index contributed by atoms with van der Waals surface area (Å²) in [7, 11) is 0. The Morgan fingerprint density at radius 3 is 2.41 bits per heavy atom. The van der Waals surface area contributed by atoms with Crippen LogP contribution in [-0.2, 0) is 14.3 Å². The van der Waals surface area contributed by atoms with Crippen LogP contribution in [0.15, 0.2) is 82.9 Å². The molecule has 2 heterocycles. The van der Waals surface area contributed by atoms with Gasteiger partial charge in [-0.3, -0.25) is 19.3 Å². The minimum Gasteiger partial charge on any atom is -0.454 e. The number of carbonyl (C=O) groups is 4. The summed E-state index contributed by atoms with van der Waals surface area (Å²) in [5.74, 6) is -1.54. The predicted molar refractivity (Wildman–Crippen MR) is 171 cm³/mol. The lowest BCUT2D eigenvalue weighted by Crippen LogP contribution is -2.32. The number of rotatable bonds is 6. The Kier molecular flexibility index (Phi) is 7.02. The molecule has 3 aliphatic rings. The molecule has 2 amide bonds. The van der Waals surface area contributed by atoms with Gasteiger partial charge in [0.2, 0.25) is 11.8 Å². The summed E-state index contributed by atoms with van der Waals surface area (Å²) in [5.41, 5.74) is 5.05. The quantitative estimate of drug-likeness (QED) is 0.0922. The number of Topliss-reactive ketones (excluding diaryl/α,β-unsaturated/α-hetero) is 1. The summed E-state index contributed by atoms with van der Waals surface area (Å²) in [6, 6.07) is 18.8. The van der Waals surface area contributed by atoms with E-state index in [0.717, 1.165) is 16.5 Å². The number of allylic oxidation sites excluding steroid dienone is 2. The molecular weight excluding hydrogens is 644 g/mol. The van der Waals surface area contributed by atoms with Crippen molar-refractivity contribution in [2.45, 2.75) is 20.3 Å². The van der Waals surface area contributed by atoms with Crippen LogP contribution < -0.4 is 4.90 Å². The third kappa shape index (κ3) is 4.68. The Morgan fingerprint density at radius 2 is 1.68 bits per heavy atom. The molecule has 1 saturated heterocycles. The molecule has 7 rings (SSSR count). The molecule has 4 aromatic rings. The summed E-state index contributed by atoms with van der Waals surface area (Å²) in [6.45, 7) is 3.52. The van der Waals surface area contributed by atoms with E-state index in [-0.39, 0.29) is 46.8 Å². The average Bonchev–Trinajstić information content (AvgIpc) is 3.65. The SMILES string of the molecule is CC1=CC2CC1C1C(=O)N(c3ccc(-c4cc(C(=O)OCC(=O)c5ccc(Cl)cc5)c5cc(Br)cc(C)c5n4)cc3)C(=O)C21. The highest BCUT2D eigenvalue weighted by atomic mass is 79.9. The number of ether oxygens (including phenoxy) is 1. The average molecular weight is 670 g/mol. The van der Waals surface area contributed by atoms with E-state index in [9.17, 15) is 19.2 Å². The highest BCUT2D eigenvalue weighted by Crippen LogP contribution is 2.56. The van der Waals surface area contributed by atoms with Crippen molar-refractivity contribution in [3.63, 3.8) is 0 Å². The minimum atomic E-state index is -0.659. The maximum absolute atomic E-state index is 13.4. The second-order valence-corrected chi connectivity index (χ2v) is 13.1. The number of hydrogen-bond donors (Lipinski definition) is 0. The molecule has 2 aliphatic carbocycles. The van der Waals surface area contributed by atoms with Gasteiger partial charge in [0.25, 0.3) is 0 Å². The van der Waals surface area contributed by atoms with Crippen LogP contribution in [0, 0.1) is 30.6 Å². The molecule has 3 aromatic carbocycles. The van der Waals surface area contributed by atoms with E-state index < -0.39 is 12.6 Å². The molecule has 0 spiro atoms. The number of carbonyl (C=O) groups excluding carboxylic acids is 4. The van der Waals surface area contributed by atoms with Gasteiger partial charge in [-0.15, -0.1) is 0 Å². The number of nitrogens with zero attached hydrogens (tertiary/aromatic N) is 2. The van der Waals surface area contributed by atoms with E-state index in [1.165, 1.54) is 10.5 Å². The van der Waals surface area contributed by atoms with Crippen molar-refractivity contribution in [3.8, 4) is 11.3 Å². The lowest BCUT2D eigenvalue weighted by atomic mass is 9.82. The predicted octanol–water partition coefficient (Wildman–Crippen LogP) is 7.37. The van der Waals surface area contributed by atoms with Crippen molar-refractivity contribution in [1.29, 1.82) is 0 Å². The van der Waals surface area contributed by atoms with Crippen LogP contribution >= 0.6 is 27.5 Å². The number of aromatic nitrogens is 1. The molecule has 1 aliphatic heterocycles. The summed E-state index contributed by atoms with van der Waals surface area (Å²) < 4.78 is 6.25. The smallest absolute Gasteiger partial charge is 0.339 e. The number of fused-ring (bicyclic) bond motifs is 6. The lowest BCUT2D eigenvalue weighted by molar-refractivity contribution is -0.123. The van der Waals surface area contributed by atoms with Crippen LogP contribution in [0.3, 0.4) is 0 Å². The van der Waals surface area contributed by atoms with Crippen LogP contribution in [0.1, 0.15) is 39.6 Å². The fourth-order valence-electron chi connectivity index (χ4n) is 7.01. The minimum absolute atomic E-state index is 0.129. The zero-order valence-electron chi connectivity index (χ0n) is 23.8. The van der Waals surface area contributed by atoms with E-state index >= 15 is 0 Å². The standard InChI is InChI=1S/C35H26BrClN2O5/c1-17-11-21-13-25(17)31-30(21)33(41)39(34(31)42)24-9-5-19(6-10-24)28-15-27(26-14-22(36)12-18(2)32(26)38-28)35(43)44-16-29(40)20-3-7-23(37)8-4-20/h3-12,14-15,21,25,30-31H,13,16H2,1-2H3. The van der Waals surface area contributed by atoms with Crippen molar-refractivity contribution in [2.75, 3.05) is 11.5 Å². The topological polar surface area (TPSA) is 93.6 Å². The molecule has 4 atom stereocenters. The van der Waals surface area contributed by atoms with E-state index in [0.29, 0.717) is 38.4 Å². The molecular formula is C35H26BrClN2O5. The largest absolute Gasteiger partial charge is 0.454 e. The second-order valence-electron chi connectivity index (χ2n) is 11.7. The normalized spacial score (nSPS) is 22.0. The van der Waals surface area contributed by atoms with Gasteiger partial charge >= 0.3 is 5.97 Å². The number of esters is 1. The van der Waals surface area contributed by atoms with E-state index in [1.54, 1.807) is 60.7 Å². The first-order chi connectivity index (χ1) is 21.1. The van der Waals surface area contributed by atoms with Gasteiger partial charge in [-0.2, -0.15) is 0 Å². The molecule has 0 radical (unpaired) electrons. The monoisotopic (exact) mass is 668 g/mol. The molecule has 4 unspecified atom stereocenters. The maximum Gasteiger partial charge on any atom is 0.339 e. The van der Waals surface area contributed by atoms with Crippen molar-refractivity contribution in [3.05, 3.63) is 105 Å². The van der Waals surface area contributed by atoms with E-state index in [2.05, 4.69) is 28.9 Å². The molecule has 44 heavy (non-hydrogen) atoms. The molecule has 1 saturated carbocycles. The van der Waals surface area contributed by atoms with Gasteiger partial charge in [-0.05, 0) is 92.3 Å². The molecule has 220 valence electrons. The summed E-state index contributed by atoms with van der Waals surface area (Å²) in [4.78, 5) is 59.1. The van der Waals surface area contributed by atoms with E-state index in [1.807, 2.05) is 13.0 Å². The Bertz CT molecular complexity index is 1940. The van der Waals surface area contributed by atoms with Crippen LogP contribution in [0.25, 0.3) is 22.2 Å². The van der Waals surface area contributed by atoms with Crippen LogP contribution in [0.2, 0.25) is 5.02 Å². The molecule has 0 N–H and O–H groups in total. The van der Waals surface area contributed by atoms with Crippen LogP contribution in [-0.4, -0.2) is 35.2 Å². The molecule has 1 aromatic heterocycles. The van der Waals surface area contributed by atoms with Gasteiger partial charge in [0, 0.05) is 26.0 Å². The first kappa shape index (κ1) is 28.6. The Labute approximate surface area is 267 Å². The number of anilines is 1. The molecule has 2 bridgehead atoms. The Hall–Kier alpha value is -4.14. The molecule has 9 heteroatoms. The number of imide groups is 1. The number of benzene rings is 3. The zero-order chi connectivity index (χ0) is 30.9.